The van der Waals surface area contributed by atoms with Gasteiger partial charge in [-0.25, -0.2) is 13.4 Å². The van der Waals surface area contributed by atoms with E-state index < -0.39 is 14.8 Å². The van der Waals surface area contributed by atoms with Crippen molar-refractivity contribution in [3.8, 4) is 11.3 Å². The lowest BCUT2D eigenvalue weighted by Crippen LogP contribution is -2.33. The van der Waals surface area contributed by atoms with E-state index >= 15 is 0 Å². The molecule has 7 heteroatoms. The fraction of sp³-hybridized carbons (Fsp3) is 0.308. The number of thiazole rings is 1. The van der Waals surface area contributed by atoms with Crippen LogP contribution in [0.5, 0.6) is 0 Å². The third-order valence-corrected chi connectivity index (χ3v) is 5.68. The van der Waals surface area contributed by atoms with E-state index in [4.69, 9.17) is 5.73 Å². The van der Waals surface area contributed by atoms with Crippen molar-refractivity contribution in [2.24, 2.45) is 0 Å². The Hall–Kier alpha value is -1.60. The first kappa shape index (κ1) is 14.8. The van der Waals surface area contributed by atoms with Gasteiger partial charge in [-0.05, 0) is 32.9 Å². The first-order chi connectivity index (χ1) is 9.19. The number of nitrogens with one attached hydrogen (secondary N) is 1. The maximum Gasteiger partial charge on any atom is 0.239 e. The number of nitrogen functional groups attached to an aromatic ring is 1. The maximum atomic E-state index is 12.1. The molecule has 0 bridgehead atoms. The maximum absolute atomic E-state index is 12.1. The summed E-state index contributed by atoms with van der Waals surface area (Å²) in [7, 11) is -3.45. The van der Waals surface area contributed by atoms with Crippen LogP contribution in [0, 0.1) is 0 Å². The lowest BCUT2D eigenvalue weighted by Gasteiger charge is -2.18. The first-order valence-electron chi connectivity index (χ1n) is 6.03. The van der Waals surface area contributed by atoms with Crippen molar-refractivity contribution in [2.45, 2.75) is 25.5 Å². The standard InChI is InChI=1S/C13H17N3O2S2/c1-13(2,3)20(17,18)16-12-15-11(8-19-12)9-5-4-6-10(14)7-9/h4-8H,14H2,1-3H3,(H,15,16). The molecule has 0 radical (unpaired) electrons. The minimum Gasteiger partial charge on any atom is -0.399 e. The zero-order valence-electron chi connectivity index (χ0n) is 11.5. The van der Waals surface area contributed by atoms with E-state index in [9.17, 15) is 8.42 Å². The van der Waals surface area contributed by atoms with E-state index in [0.717, 1.165) is 5.56 Å². The van der Waals surface area contributed by atoms with Gasteiger partial charge in [0, 0.05) is 16.6 Å². The van der Waals surface area contributed by atoms with E-state index in [0.29, 0.717) is 16.5 Å². The number of hydrogen-bond acceptors (Lipinski definition) is 5. The molecule has 0 saturated heterocycles. The Morgan fingerprint density at radius 1 is 1.30 bits per heavy atom. The van der Waals surface area contributed by atoms with Gasteiger partial charge >= 0.3 is 0 Å². The van der Waals surface area contributed by atoms with Gasteiger partial charge in [0.05, 0.1) is 10.4 Å². The predicted octanol–water partition coefficient (Wildman–Crippen LogP) is 2.93. The second-order valence-electron chi connectivity index (χ2n) is 5.38. The van der Waals surface area contributed by atoms with Gasteiger partial charge in [0.15, 0.2) is 5.13 Å². The van der Waals surface area contributed by atoms with Crippen LogP contribution in [0.1, 0.15) is 20.8 Å². The average Bonchev–Trinajstić information content (AvgIpc) is 2.75. The summed E-state index contributed by atoms with van der Waals surface area (Å²) in [6.45, 7) is 4.92. The normalized spacial score (nSPS) is 12.3. The summed E-state index contributed by atoms with van der Waals surface area (Å²) in [5.41, 5.74) is 7.94. The minimum atomic E-state index is -3.45. The quantitative estimate of drug-likeness (QED) is 0.853. The van der Waals surface area contributed by atoms with Gasteiger partial charge in [0.2, 0.25) is 10.0 Å². The van der Waals surface area contributed by atoms with Crippen molar-refractivity contribution in [3.05, 3.63) is 29.6 Å². The third-order valence-electron chi connectivity index (χ3n) is 2.71. The Bertz CT molecular complexity index is 715. The Kier molecular flexibility index (Phi) is 3.75. The van der Waals surface area contributed by atoms with Crippen LogP contribution in [0.4, 0.5) is 10.8 Å². The van der Waals surface area contributed by atoms with Crippen LogP contribution in [-0.4, -0.2) is 18.1 Å². The van der Waals surface area contributed by atoms with Gasteiger partial charge in [-0.3, -0.25) is 4.72 Å². The van der Waals surface area contributed by atoms with Crippen LogP contribution in [-0.2, 0) is 10.0 Å². The van der Waals surface area contributed by atoms with Crippen LogP contribution in [0.2, 0.25) is 0 Å². The van der Waals surface area contributed by atoms with Crippen molar-refractivity contribution < 1.29 is 8.42 Å². The highest BCUT2D eigenvalue weighted by atomic mass is 32.2. The summed E-state index contributed by atoms with van der Waals surface area (Å²) >= 11 is 1.25. The highest BCUT2D eigenvalue weighted by molar-refractivity contribution is 7.94. The molecule has 1 aromatic carbocycles. The van der Waals surface area contributed by atoms with Crippen molar-refractivity contribution in [1.29, 1.82) is 0 Å². The Balaban J connectivity index is 2.27. The smallest absolute Gasteiger partial charge is 0.239 e. The fourth-order valence-electron chi connectivity index (χ4n) is 1.42. The van der Waals surface area contributed by atoms with Crippen LogP contribution in [0.3, 0.4) is 0 Å². The summed E-state index contributed by atoms with van der Waals surface area (Å²) in [5.74, 6) is 0. The molecule has 3 N–H and O–H groups in total. The molecular weight excluding hydrogens is 294 g/mol. The summed E-state index contributed by atoms with van der Waals surface area (Å²) in [6, 6.07) is 7.31. The van der Waals surface area contributed by atoms with Crippen molar-refractivity contribution in [2.75, 3.05) is 10.5 Å². The van der Waals surface area contributed by atoms with Gasteiger partial charge in [-0.2, -0.15) is 0 Å². The molecule has 0 aliphatic rings. The Labute approximate surface area is 122 Å². The van der Waals surface area contributed by atoms with Crippen LogP contribution >= 0.6 is 11.3 Å². The molecule has 0 aliphatic carbocycles. The fourth-order valence-corrected chi connectivity index (χ4v) is 3.09. The molecule has 1 heterocycles. The van der Waals surface area contributed by atoms with Gasteiger partial charge in [0.25, 0.3) is 0 Å². The minimum absolute atomic E-state index is 0.359. The number of aromatic nitrogens is 1. The monoisotopic (exact) mass is 311 g/mol. The van der Waals surface area contributed by atoms with E-state index in [1.807, 2.05) is 12.1 Å². The van der Waals surface area contributed by atoms with Crippen molar-refractivity contribution in [3.63, 3.8) is 0 Å². The molecule has 1 aromatic heterocycles. The number of anilines is 2. The SMILES string of the molecule is CC(C)(C)S(=O)(=O)Nc1nc(-c2cccc(N)c2)cs1. The molecule has 0 saturated carbocycles. The van der Waals surface area contributed by atoms with Crippen LogP contribution < -0.4 is 10.5 Å². The number of nitrogens with two attached hydrogens (primary N) is 1. The lowest BCUT2D eigenvalue weighted by atomic mass is 10.1. The molecule has 108 valence electrons. The summed E-state index contributed by atoms with van der Waals surface area (Å²) in [6.07, 6.45) is 0. The Morgan fingerprint density at radius 2 is 2.00 bits per heavy atom. The van der Waals surface area contributed by atoms with Crippen molar-refractivity contribution in [1.82, 2.24) is 4.98 Å². The van der Waals surface area contributed by atoms with E-state index in [2.05, 4.69) is 9.71 Å². The number of benzene rings is 1. The zero-order chi connectivity index (χ0) is 15.0. The molecule has 0 amide bonds. The van der Waals surface area contributed by atoms with E-state index in [-0.39, 0.29) is 0 Å². The van der Waals surface area contributed by atoms with E-state index in [1.54, 1.807) is 38.3 Å². The van der Waals surface area contributed by atoms with Gasteiger partial charge in [-0.1, -0.05) is 12.1 Å². The molecule has 0 aliphatic heterocycles. The molecular formula is C13H17N3O2S2. The van der Waals surface area contributed by atoms with Crippen molar-refractivity contribution >= 4 is 32.2 Å². The summed E-state index contributed by atoms with van der Waals surface area (Å²) in [5, 5.41) is 2.16. The highest BCUT2D eigenvalue weighted by Crippen LogP contribution is 2.28. The Morgan fingerprint density at radius 3 is 2.60 bits per heavy atom. The predicted molar refractivity (Wildman–Crippen MR) is 84.3 cm³/mol. The second-order valence-corrected chi connectivity index (χ2v) is 8.68. The van der Waals surface area contributed by atoms with Crippen LogP contribution in [0.25, 0.3) is 11.3 Å². The third kappa shape index (κ3) is 3.10. The number of rotatable bonds is 3. The molecule has 2 rings (SSSR count). The number of nitrogens with zero attached hydrogens (tertiary/aromatic N) is 1. The molecule has 0 spiro atoms. The van der Waals surface area contributed by atoms with Gasteiger partial charge < -0.3 is 5.73 Å². The molecule has 0 atom stereocenters. The lowest BCUT2D eigenvalue weighted by molar-refractivity contribution is 0.566. The topological polar surface area (TPSA) is 85.1 Å². The van der Waals surface area contributed by atoms with E-state index in [1.165, 1.54) is 11.3 Å². The van der Waals surface area contributed by atoms with Gasteiger partial charge in [-0.15, -0.1) is 11.3 Å². The molecule has 5 nitrogen and oxygen atoms in total. The highest BCUT2D eigenvalue weighted by Gasteiger charge is 2.29. The molecule has 20 heavy (non-hydrogen) atoms. The van der Waals surface area contributed by atoms with Gasteiger partial charge in [0.1, 0.15) is 0 Å². The average molecular weight is 311 g/mol. The number of sulfonamides is 1. The molecule has 2 aromatic rings. The molecule has 0 fully saturated rings. The summed E-state index contributed by atoms with van der Waals surface area (Å²) in [4.78, 5) is 4.29. The first-order valence-corrected chi connectivity index (χ1v) is 8.39. The zero-order valence-corrected chi connectivity index (χ0v) is 13.2. The molecule has 0 unspecified atom stereocenters. The second kappa shape index (κ2) is 5.06. The summed E-state index contributed by atoms with van der Waals surface area (Å²) < 4.78 is 25.7. The van der Waals surface area contributed by atoms with Crippen LogP contribution in [0.15, 0.2) is 29.6 Å². The largest absolute Gasteiger partial charge is 0.399 e. The number of hydrogen-bond donors (Lipinski definition) is 2.